The predicted octanol–water partition coefficient (Wildman–Crippen LogP) is 2.03. The lowest BCUT2D eigenvalue weighted by molar-refractivity contribution is -0.144. The van der Waals surface area contributed by atoms with Crippen LogP contribution in [0.25, 0.3) is 0 Å². The molecule has 0 fully saturated rings. The summed E-state index contributed by atoms with van der Waals surface area (Å²) in [7, 11) is 0. The Kier molecular flexibility index (Phi) is 2.22. The molecule has 0 amide bonds. The molecule has 3 nitrogen and oxygen atoms in total. The van der Waals surface area contributed by atoms with Crippen molar-refractivity contribution in [2.24, 2.45) is 0 Å². The van der Waals surface area contributed by atoms with Crippen molar-refractivity contribution < 1.29 is 14.3 Å². The first kappa shape index (κ1) is 8.84. The number of carbonyl (C=O) groups is 1. The van der Waals surface area contributed by atoms with E-state index < -0.39 is 11.4 Å². The van der Waals surface area contributed by atoms with E-state index in [1.54, 1.807) is 19.1 Å². The highest BCUT2D eigenvalue weighted by molar-refractivity contribution is 5.79. The zero-order valence-electron chi connectivity index (χ0n) is 7.20. The Labute approximate surface area is 71.0 Å². The molecule has 1 N–H and O–H groups in total. The van der Waals surface area contributed by atoms with E-state index in [1.807, 2.05) is 6.92 Å². The molecule has 0 aromatic carbocycles. The number of furan rings is 1. The van der Waals surface area contributed by atoms with Gasteiger partial charge in [0.2, 0.25) is 0 Å². The van der Waals surface area contributed by atoms with Gasteiger partial charge in [-0.15, -0.1) is 0 Å². The second kappa shape index (κ2) is 3.01. The molecule has 1 aromatic rings. The summed E-state index contributed by atoms with van der Waals surface area (Å²) in [6.45, 7) is 3.49. The first-order chi connectivity index (χ1) is 5.61. The van der Waals surface area contributed by atoms with Gasteiger partial charge in [0.1, 0.15) is 11.2 Å². The van der Waals surface area contributed by atoms with Gasteiger partial charge < -0.3 is 9.52 Å². The first-order valence-electron chi connectivity index (χ1n) is 3.88. The molecule has 0 spiro atoms. The van der Waals surface area contributed by atoms with Gasteiger partial charge in [0.25, 0.3) is 0 Å². The number of hydrogen-bond donors (Lipinski definition) is 1. The van der Waals surface area contributed by atoms with Gasteiger partial charge in [-0.3, -0.25) is 4.79 Å². The van der Waals surface area contributed by atoms with Crippen LogP contribution in [0.2, 0.25) is 0 Å². The Hall–Kier alpha value is -1.25. The molecule has 1 aromatic heterocycles. The van der Waals surface area contributed by atoms with Crippen LogP contribution in [0.4, 0.5) is 0 Å². The second-order valence-corrected chi connectivity index (χ2v) is 2.97. The highest BCUT2D eigenvalue weighted by Gasteiger charge is 2.35. The lowest BCUT2D eigenvalue weighted by atomic mass is 9.85. The number of hydrogen-bond acceptors (Lipinski definition) is 2. The Morgan fingerprint density at radius 3 is 2.75 bits per heavy atom. The third kappa shape index (κ3) is 1.22. The molecule has 1 unspecified atom stereocenters. The molecule has 1 rings (SSSR count). The predicted molar refractivity (Wildman–Crippen MR) is 44.0 cm³/mol. The Balaban J connectivity index is 3.04. The minimum absolute atomic E-state index is 0.512. The van der Waals surface area contributed by atoms with Crippen LogP contribution in [0.5, 0.6) is 0 Å². The summed E-state index contributed by atoms with van der Waals surface area (Å²) >= 11 is 0. The fraction of sp³-hybridized carbons (Fsp3) is 0.444. The average molecular weight is 168 g/mol. The number of aliphatic carboxylic acids is 1. The fourth-order valence-corrected chi connectivity index (χ4v) is 1.02. The number of carboxylic acids is 1. The van der Waals surface area contributed by atoms with Crippen molar-refractivity contribution in [2.75, 3.05) is 0 Å². The van der Waals surface area contributed by atoms with Gasteiger partial charge in [0, 0.05) is 0 Å². The maximum Gasteiger partial charge on any atom is 0.317 e. The van der Waals surface area contributed by atoms with Crippen molar-refractivity contribution in [1.82, 2.24) is 0 Å². The van der Waals surface area contributed by atoms with Crippen molar-refractivity contribution >= 4 is 5.97 Å². The van der Waals surface area contributed by atoms with Crippen molar-refractivity contribution in [1.29, 1.82) is 0 Å². The van der Waals surface area contributed by atoms with Gasteiger partial charge in [0.15, 0.2) is 0 Å². The maximum atomic E-state index is 10.9. The molecule has 0 saturated carbocycles. The molecule has 0 saturated heterocycles. The van der Waals surface area contributed by atoms with Crippen LogP contribution >= 0.6 is 0 Å². The van der Waals surface area contributed by atoms with Crippen LogP contribution in [0.3, 0.4) is 0 Å². The minimum atomic E-state index is -0.885. The van der Waals surface area contributed by atoms with E-state index in [9.17, 15) is 4.79 Å². The fourth-order valence-electron chi connectivity index (χ4n) is 1.02. The summed E-state index contributed by atoms with van der Waals surface area (Å²) in [5.74, 6) is -0.336. The SMILES string of the molecule is CCC(C)(C(=O)O)c1ccco1. The molecule has 0 radical (unpaired) electrons. The van der Waals surface area contributed by atoms with Gasteiger partial charge in [-0.25, -0.2) is 0 Å². The van der Waals surface area contributed by atoms with E-state index in [2.05, 4.69) is 0 Å². The highest BCUT2D eigenvalue weighted by Crippen LogP contribution is 2.27. The molecule has 1 atom stereocenters. The molecular formula is C9H12O3. The van der Waals surface area contributed by atoms with E-state index >= 15 is 0 Å². The van der Waals surface area contributed by atoms with Crippen LogP contribution in [0.15, 0.2) is 22.8 Å². The topological polar surface area (TPSA) is 50.4 Å². The normalized spacial score (nSPS) is 15.5. The summed E-state index contributed by atoms with van der Waals surface area (Å²) in [6.07, 6.45) is 2.02. The Bertz CT molecular complexity index is 263. The first-order valence-corrected chi connectivity index (χ1v) is 3.88. The summed E-state index contributed by atoms with van der Waals surface area (Å²) in [4.78, 5) is 10.9. The molecule has 12 heavy (non-hydrogen) atoms. The van der Waals surface area contributed by atoms with E-state index in [0.29, 0.717) is 12.2 Å². The summed E-state index contributed by atoms with van der Waals surface area (Å²) in [5.41, 5.74) is -0.885. The van der Waals surface area contributed by atoms with Crippen LogP contribution in [-0.2, 0) is 10.2 Å². The number of carboxylic acid groups (broad SMARTS) is 1. The highest BCUT2D eigenvalue weighted by atomic mass is 16.4. The Morgan fingerprint density at radius 1 is 1.75 bits per heavy atom. The lowest BCUT2D eigenvalue weighted by Gasteiger charge is -2.19. The van der Waals surface area contributed by atoms with Gasteiger partial charge in [0.05, 0.1) is 6.26 Å². The van der Waals surface area contributed by atoms with Crippen LogP contribution in [0.1, 0.15) is 26.0 Å². The zero-order valence-corrected chi connectivity index (χ0v) is 7.20. The summed E-state index contributed by atoms with van der Waals surface area (Å²) in [5, 5.41) is 8.94. The molecule has 0 aliphatic carbocycles. The van der Waals surface area contributed by atoms with Crippen molar-refractivity contribution in [3.8, 4) is 0 Å². The summed E-state index contributed by atoms with van der Waals surface area (Å²) < 4.78 is 5.07. The third-order valence-corrected chi connectivity index (χ3v) is 2.24. The van der Waals surface area contributed by atoms with Gasteiger partial charge >= 0.3 is 5.97 Å². The minimum Gasteiger partial charge on any atom is -0.480 e. The molecule has 1 heterocycles. The second-order valence-electron chi connectivity index (χ2n) is 2.97. The quantitative estimate of drug-likeness (QED) is 0.751. The monoisotopic (exact) mass is 168 g/mol. The van der Waals surface area contributed by atoms with E-state index in [1.165, 1.54) is 6.26 Å². The zero-order chi connectivity index (χ0) is 9.19. The smallest absolute Gasteiger partial charge is 0.317 e. The standard InChI is InChI=1S/C9H12O3/c1-3-9(2,8(10)11)7-5-4-6-12-7/h4-6H,3H2,1-2H3,(H,10,11). The maximum absolute atomic E-state index is 10.9. The number of rotatable bonds is 3. The van der Waals surface area contributed by atoms with E-state index in [0.717, 1.165) is 0 Å². The summed E-state index contributed by atoms with van der Waals surface area (Å²) in [6, 6.07) is 3.39. The molecule has 0 bridgehead atoms. The van der Waals surface area contributed by atoms with Gasteiger partial charge in [-0.2, -0.15) is 0 Å². The van der Waals surface area contributed by atoms with Crippen molar-refractivity contribution in [3.63, 3.8) is 0 Å². The van der Waals surface area contributed by atoms with Crippen LogP contribution in [-0.4, -0.2) is 11.1 Å². The van der Waals surface area contributed by atoms with Crippen molar-refractivity contribution in [3.05, 3.63) is 24.2 Å². The van der Waals surface area contributed by atoms with E-state index in [-0.39, 0.29) is 0 Å². The van der Waals surface area contributed by atoms with Crippen LogP contribution < -0.4 is 0 Å². The third-order valence-electron chi connectivity index (χ3n) is 2.24. The lowest BCUT2D eigenvalue weighted by Crippen LogP contribution is -2.30. The average Bonchev–Trinajstić information content (AvgIpc) is 2.54. The molecular weight excluding hydrogens is 156 g/mol. The van der Waals surface area contributed by atoms with E-state index in [4.69, 9.17) is 9.52 Å². The molecule has 66 valence electrons. The molecule has 3 heteroatoms. The Morgan fingerprint density at radius 2 is 2.42 bits per heavy atom. The van der Waals surface area contributed by atoms with Gasteiger partial charge in [-0.1, -0.05) is 6.92 Å². The molecule has 0 aliphatic rings. The van der Waals surface area contributed by atoms with Crippen molar-refractivity contribution in [2.45, 2.75) is 25.7 Å². The molecule has 0 aliphatic heterocycles. The van der Waals surface area contributed by atoms with Crippen LogP contribution in [0, 0.1) is 0 Å². The van der Waals surface area contributed by atoms with Gasteiger partial charge in [-0.05, 0) is 25.5 Å². The largest absolute Gasteiger partial charge is 0.480 e.